The van der Waals surface area contributed by atoms with Crippen molar-refractivity contribution in [3.05, 3.63) is 53.6 Å². The Morgan fingerprint density at radius 2 is 1.89 bits per heavy atom. The SMILES string of the molecule is C=C(C)C(CCC(C)CC=CC(=O)O)OC(=O)C(Cl)Oc1ccc(Cl)cc1. The summed E-state index contributed by atoms with van der Waals surface area (Å²) < 4.78 is 10.8. The minimum absolute atomic E-state index is 0.235. The van der Waals surface area contributed by atoms with E-state index in [4.69, 9.17) is 37.8 Å². The molecule has 0 spiro atoms. The maximum Gasteiger partial charge on any atom is 0.363 e. The number of carboxylic acids is 1. The van der Waals surface area contributed by atoms with Crippen LogP contribution in [0.25, 0.3) is 0 Å². The smallest absolute Gasteiger partial charge is 0.363 e. The quantitative estimate of drug-likeness (QED) is 0.232. The zero-order valence-corrected chi connectivity index (χ0v) is 16.9. The molecule has 1 aromatic carbocycles. The van der Waals surface area contributed by atoms with Crippen molar-refractivity contribution >= 4 is 35.1 Å². The van der Waals surface area contributed by atoms with Gasteiger partial charge in [-0.1, -0.05) is 42.8 Å². The fraction of sp³-hybridized carbons (Fsp3) is 0.400. The monoisotopic (exact) mass is 414 g/mol. The van der Waals surface area contributed by atoms with Gasteiger partial charge in [0, 0.05) is 11.1 Å². The standard InChI is InChI=1S/C20H24Cl2O5/c1-13(2)17(12-7-14(3)5-4-6-18(23)24)27-20(25)19(22)26-16-10-8-15(21)9-11-16/h4,6,8-11,14,17,19H,1,5,7,12H2,2-3H3,(H,23,24). The molecule has 3 atom stereocenters. The maximum absolute atomic E-state index is 12.2. The Morgan fingerprint density at radius 3 is 2.44 bits per heavy atom. The molecule has 0 aliphatic heterocycles. The summed E-state index contributed by atoms with van der Waals surface area (Å²) in [6, 6.07) is 6.46. The van der Waals surface area contributed by atoms with Crippen LogP contribution in [-0.4, -0.2) is 28.7 Å². The predicted octanol–water partition coefficient (Wildman–Crippen LogP) is 5.22. The van der Waals surface area contributed by atoms with Gasteiger partial charge in [-0.3, -0.25) is 0 Å². The predicted molar refractivity (Wildman–Crippen MR) is 106 cm³/mol. The molecule has 0 fully saturated rings. The van der Waals surface area contributed by atoms with Crippen LogP contribution in [0.5, 0.6) is 5.75 Å². The van der Waals surface area contributed by atoms with Gasteiger partial charge in [0.05, 0.1) is 0 Å². The third-order valence-corrected chi connectivity index (χ3v) is 4.29. The number of hydrogen-bond acceptors (Lipinski definition) is 4. The maximum atomic E-state index is 12.2. The molecule has 0 radical (unpaired) electrons. The fourth-order valence-corrected chi connectivity index (χ4v) is 2.52. The van der Waals surface area contributed by atoms with E-state index in [0.29, 0.717) is 29.2 Å². The second kappa shape index (κ2) is 11.7. The third kappa shape index (κ3) is 9.50. The molecular weight excluding hydrogens is 391 g/mol. The summed E-state index contributed by atoms with van der Waals surface area (Å²) in [6.45, 7) is 7.63. The topological polar surface area (TPSA) is 72.8 Å². The van der Waals surface area contributed by atoms with Crippen LogP contribution in [0.2, 0.25) is 5.02 Å². The van der Waals surface area contributed by atoms with Crippen LogP contribution in [0.4, 0.5) is 0 Å². The van der Waals surface area contributed by atoms with E-state index >= 15 is 0 Å². The molecule has 0 aliphatic carbocycles. The molecule has 7 heteroatoms. The third-order valence-electron chi connectivity index (χ3n) is 3.77. The zero-order valence-electron chi connectivity index (χ0n) is 15.4. The van der Waals surface area contributed by atoms with Crippen molar-refractivity contribution in [2.75, 3.05) is 0 Å². The number of carbonyl (C=O) groups is 2. The Balaban J connectivity index is 2.52. The lowest BCUT2D eigenvalue weighted by atomic mass is 9.97. The number of hydrogen-bond donors (Lipinski definition) is 1. The fourth-order valence-electron chi connectivity index (χ4n) is 2.24. The van der Waals surface area contributed by atoms with E-state index in [1.807, 2.05) is 6.92 Å². The molecule has 27 heavy (non-hydrogen) atoms. The number of ether oxygens (including phenoxy) is 2. The summed E-state index contributed by atoms with van der Waals surface area (Å²) in [4.78, 5) is 22.7. The first kappa shape index (κ1) is 23.1. The number of halogens is 2. The van der Waals surface area contributed by atoms with Crippen LogP contribution >= 0.6 is 23.2 Å². The molecule has 5 nitrogen and oxygen atoms in total. The largest absolute Gasteiger partial charge is 0.478 e. The van der Waals surface area contributed by atoms with Crippen molar-refractivity contribution in [3.63, 3.8) is 0 Å². The van der Waals surface area contributed by atoms with Gasteiger partial charge >= 0.3 is 11.9 Å². The number of rotatable bonds is 11. The average molecular weight is 415 g/mol. The number of carboxylic acid groups (broad SMARTS) is 1. The Bertz CT molecular complexity index is 669. The lowest BCUT2D eigenvalue weighted by molar-refractivity contribution is -0.152. The molecule has 0 aliphatic rings. The molecule has 0 aromatic heterocycles. The molecule has 3 unspecified atom stereocenters. The first-order chi connectivity index (χ1) is 12.7. The van der Waals surface area contributed by atoms with Gasteiger partial charge in [0.25, 0.3) is 5.56 Å². The van der Waals surface area contributed by atoms with E-state index in [-0.39, 0.29) is 5.92 Å². The number of carbonyl (C=O) groups excluding carboxylic acids is 1. The van der Waals surface area contributed by atoms with Crippen LogP contribution in [0.15, 0.2) is 48.6 Å². The highest BCUT2D eigenvalue weighted by molar-refractivity contribution is 6.30. The van der Waals surface area contributed by atoms with Crippen LogP contribution in [0.1, 0.15) is 33.1 Å². The molecule has 1 rings (SSSR count). The number of alkyl halides is 1. The van der Waals surface area contributed by atoms with Crippen molar-refractivity contribution in [2.45, 2.75) is 44.8 Å². The second-order valence-electron chi connectivity index (χ2n) is 6.32. The number of esters is 1. The first-order valence-corrected chi connectivity index (χ1v) is 9.32. The molecule has 1 aromatic rings. The van der Waals surface area contributed by atoms with Crippen LogP contribution in [0.3, 0.4) is 0 Å². The lowest BCUT2D eigenvalue weighted by Gasteiger charge is -2.21. The Kier molecular flexibility index (Phi) is 9.97. The summed E-state index contributed by atoms with van der Waals surface area (Å²) in [5, 5.41) is 9.15. The Morgan fingerprint density at radius 1 is 1.26 bits per heavy atom. The zero-order chi connectivity index (χ0) is 20.4. The van der Waals surface area contributed by atoms with Crippen molar-refractivity contribution in [1.29, 1.82) is 0 Å². The van der Waals surface area contributed by atoms with Crippen molar-refractivity contribution in [2.24, 2.45) is 5.92 Å². The normalized spacial score (nSPS) is 14.4. The molecule has 0 bridgehead atoms. The highest BCUT2D eigenvalue weighted by Crippen LogP contribution is 2.21. The van der Waals surface area contributed by atoms with E-state index in [9.17, 15) is 9.59 Å². The molecule has 0 saturated heterocycles. The van der Waals surface area contributed by atoms with Crippen molar-refractivity contribution in [1.82, 2.24) is 0 Å². The van der Waals surface area contributed by atoms with Crippen molar-refractivity contribution < 1.29 is 24.2 Å². The molecular formula is C20H24Cl2O5. The average Bonchev–Trinajstić information content (AvgIpc) is 2.59. The molecule has 0 saturated carbocycles. The van der Waals surface area contributed by atoms with E-state index in [0.717, 1.165) is 12.5 Å². The highest BCUT2D eigenvalue weighted by Gasteiger charge is 2.24. The summed E-state index contributed by atoms with van der Waals surface area (Å²) in [5.74, 6) is -1.02. The summed E-state index contributed by atoms with van der Waals surface area (Å²) >= 11 is 11.8. The summed E-state index contributed by atoms with van der Waals surface area (Å²) in [5.41, 5.74) is -0.587. The summed E-state index contributed by atoms with van der Waals surface area (Å²) in [6.07, 6.45) is 4.18. The molecule has 0 heterocycles. The van der Waals surface area contributed by atoms with Gasteiger partial charge in [0.2, 0.25) is 0 Å². The number of benzene rings is 1. The Labute approximate surface area is 169 Å². The highest BCUT2D eigenvalue weighted by atomic mass is 35.5. The van der Waals surface area contributed by atoms with Gasteiger partial charge in [-0.05, 0) is 61.9 Å². The minimum atomic E-state index is -1.29. The Hall–Kier alpha value is -1.98. The van der Waals surface area contributed by atoms with Crippen LogP contribution in [0, 0.1) is 5.92 Å². The van der Waals surface area contributed by atoms with Crippen LogP contribution in [-0.2, 0) is 14.3 Å². The van der Waals surface area contributed by atoms with E-state index in [1.54, 1.807) is 37.3 Å². The second-order valence-corrected chi connectivity index (χ2v) is 7.15. The molecule has 0 amide bonds. The van der Waals surface area contributed by atoms with Gasteiger partial charge in [-0.25, -0.2) is 9.59 Å². The number of aliphatic carboxylic acids is 1. The summed E-state index contributed by atoms with van der Waals surface area (Å²) in [7, 11) is 0. The van der Waals surface area contributed by atoms with Gasteiger partial charge in [-0.2, -0.15) is 0 Å². The van der Waals surface area contributed by atoms with Crippen molar-refractivity contribution in [3.8, 4) is 5.75 Å². The van der Waals surface area contributed by atoms with Crippen LogP contribution < -0.4 is 4.74 Å². The molecule has 1 N–H and O–H groups in total. The van der Waals surface area contributed by atoms with Gasteiger partial charge in [0.15, 0.2) is 0 Å². The molecule has 148 valence electrons. The number of allylic oxidation sites excluding steroid dienone is 1. The van der Waals surface area contributed by atoms with Gasteiger partial charge in [-0.15, -0.1) is 0 Å². The van der Waals surface area contributed by atoms with E-state index < -0.39 is 23.6 Å². The first-order valence-electron chi connectivity index (χ1n) is 8.50. The van der Waals surface area contributed by atoms with E-state index in [2.05, 4.69) is 6.58 Å². The van der Waals surface area contributed by atoms with E-state index in [1.165, 1.54) is 0 Å². The van der Waals surface area contributed by atoms with Gasteiger partial charge in [0.1, 0.15) is 11.9 Å². The van der Waals surface area contributed by atoms with Gasteiger partial charge < -0.3 is 14.6 Å². The lowest BCUT2D eigenvalue weighted by Crippen LogP contribution is -2.29. The minimum Gasteiger partial charge on any atom is -0.478 e.